The molecule has 8 nitrogen and oxygen atoms in total. The summed E-state index contributed by atoms with van der Waals surface area (Å²) in [6, 6.07) is 10.7. The molecule has 0 atom stereocenters. The van der Waals surface area contributed by atoms with Gasteiger partial charge < -0.3 is 15.4 Å². The van der Waals surface area contributed by atoms with Gasteiger partial charge in [-0.2, -0.15) is 0 Å². The number of halogens is 1. The number of anilines is 1. The molecule has 0 aliphatic carbocycles. The molecule has 2 rings (SSSR count). The summed E-state index contributed by atoms with van der Waals surface area (Å²) in [7, 11) is 1.57. The number of esters is 1. The normalized spacial score (nSPS) is 10.1. The second kappa shape index (κ2) is 8.82. The average Bonchev–Trinajstić information content (AvgIpc) is 2.63. The van der Waals surface area contributed by atoms with Gasteiger partial charge in [0.05, 0.1) is 10.5 Å². The summed E-state index contributed by atoms with van der Waals surface area (Å²) >= 11 is 5.86. The topological polar surface area (TPSA) is 111 Å². The number of nitrogens with zero attached hydrogens (tertiary/aromatic N) is 1. The van der Waals surface area contributed by atoms with Gasteiger partial charge in [-0.05, 0) is 23.8 Å². The van der Waals surface area contributed by atoms with Crippen molar-refractivity contribution in [2.24, 2.45) is 0 Å². The van der Waals surface area contributed by atoms with Crippen LogP contribution in [0.15, 0.2) is 42.5 Å². The van der Waals surface area contributed by atoms with E-state index in [4.69, 9.17) is 16.3 Å². The number of ether oxygens (including phenoxy) is 1. The van der Waals surface area contributed by atoms with Crippen LogP contribution in [0.2, 0.25) is 5.02 Å². The fourth-order valence-corrected chi connectivity index (χ4v) is 2.35. The Morgan fingerprint density at radius 3 is 2.65 bits per heavy atom. The number of amides is 1. The molecule has 9 heteroatoms. The zero-order chi connectivity index (χ0) is 19.1. The van der Waals surface area contributed by atoms with E-state index >= 15 is 0 Å². The Labute approximate surface area is 154 Å². The van der Waals surface area contributed by atoms with E-state index in [1.807, 2.05) is 0 Å². The van der Waals surface area contributed by atoms with Gasteiger partial charge in [-0.25, -0.2) is 4.79 Å². The number of benzene rings is 2. The molecule has 0 saturated heterocycles. The first-order valence-corrected chi connectivity index (χ1v) is 7.93. The Hall–Kier alpha value is -3.13. The molecule has 0 unspecified atom stereocenters. The van der Waals surface area contributed by atoms with Crippen molar-refractivity contribution >= 4 is 34.9 Å². The maximum Gasteiger partial charge on any atom is 0.341 e. The highest BCUT2D eigenvalue weighted by atomic mass is 35.5. The van der Waals surface area contributed by atoms with E-state index in [-0.39, 0.29) is 17.8 Å². The lowest BCUT2D eigenvalue weighted by molar-refractivity contribution is -0.384. The predicted molar refractivity (Wildman–Crippen MR) is 96.2 cm³/mol. The van der Waals surface area contributed by atoms with Crippen molar-refractivity contribution in [3.63, 3.8) is 0 Å². The monoisotopic (exact) mass is 377 g/mol. The summed E-state index contributed by atoms with van der Waals surface area (Å²) in [6.45, 7) is -0.277. The van der Waals surface area contributed by atoms with E-state index in [0.717, 1.165) is 11.6 Å². The van der Waals surface area contributed by atoms with Crippen molar-refractivity contribution in [3.05, 3.63) is 68.7 Å². The molecular formula is C17H16ClN3O5. The summed E-state index contributed by atoms with van der Waals surface area (Å²) in [5.74, 6) is -1.34. The maximum absolute atomic E-state index is 12.1. The molecular weight excluding hydrogens is 362 g/mol. The van der Waals surface area contributed by atoms with E-state index in [0.29, 0.717) is 10.7 Å². The van der Waals surface area contributed by atoms with Crippen LogP contribution in [0.4, 0.5) is 11.4 Å². The number of hydrogen-bond acceptors (Lipinski definition) is 6. The lowest BCUT2D eigenvalue weighted by Crippen LogP contribution is -2.28. The number of carbonyl (C=O) groups excluding carboxylic acids is 2. The fourth-order valence-electron chi connectivity index (χ4n) is 2.14. The van der Waals surface area contributed by atoms with Crippen LogP contribution in [-0.2, 0) is 16.1 Å². The first-order valence-electron chi connectivity index (χ1n) is 7.55. The molecule has 0 bridgehead atoms. The van der Waals surface area contributed by atoms with E-state index in [9.17, 15) is 19.7 Å². The molecule has 1 amide bonds. The number of nitro groups is 1. The molecule has 26 heavy (non-hydrogen) atoms. The Bertz CT molecular complexity index is 841. The molecule has 0 saturated carbocycles. The minimum absolute atomic E-state index is 0.0238. The summed E-state index contributed by atoms with van der Waals surface area (Å²) in [6.07, 6.45) is 0. The number of rotatable bonds is 7. The number of nitro benzene ring substituents is 1. The number of nitrogens with one attached hydrogen (secondary N) is 2. The zero-order valence-electron chi connectivity index (χ0n) is 13.8. The Morgan fingerprint density at radius 2 is 2.00 bits per heavy atom. The van der Waals surface area contributed by atoms with Crippen LogP contribution in [0.3, 0.4) is 0 Å². The van der Waals surface area contributed by atoms with Gasteiger partial charge in [0.25, 0.3) is 11.6 Å². The van der Waals surface area contributed by atoms with Crippen LogP contribution in [0.1, 0.15) is 15.9 Å². The SMILES string of the molecule is CNc1ccc([N+](=O)[O-])cc1C(=O)OCC(=O)NCc1cccc(Cl)c1. The smallest absolute Gasteiger partial charge is 0.341 e. The van der Waals surface area contributed by atoms with E-state index in [1.165, 1.54) is 12.1 Å². The summed E-state index contributed by atoms with van der Waals surface area (Å²) in [4.78, 5) is 34.2. The van der Waals surface area contributed by atoms with Gasteiger partial charge >= 0.3 is 5.97 Å². The third-order valence-electron chi connectivity index (χ3n) is 3.42. The van der Waals surface area contributed by atoms with Gasteiger partial charge in [0.15, 0.2) is 6.61 Å². The summed E-state index contributed by atoms with van der Waals surface area (Å²) in [5, 5.41) is 16.7. The molecule has 2 aromatic carbocycles. The molecule has 0 spiro atoms. The fraction of sp³-hybridized carbons (Fsp3) is 0.176. The highest BCUT2D eigenvalue weighted by Gasteiger charge is 2.18. The van der Waals surface area contributed by atoms with Crippen molar-refractivity contribution in [2.75, 3.05) is 19.0 Å². The first kappa shape index (κ1) is 19.2. The van der Waals surface area contributed by atoms with Crippen LogP contribution in [0.25, 0.3) is 0 Å². The molecule has 136 valence electrons. The Balaban J connectivity index is 1.94. The third-order valence-corrected chi connectivity index (χ3v) is 3.65. The minimum Gasteiger partial charge on any atom is -0.452 e. The third kappa shape index (κ3) is 5.18. The standard InChI is InChI=1S/C17H16ClN3O5/c1-19-15-6-5-13(21(24)25)8-14(15)17(23)26-10-16(22)20-9-11-3-2-4-12(18)7-11/h2-8,19H,9-10H2,1H3,(H,20,22). The van der Waals surface area contributed by atoms with Crippen molar-refractivity contribution in [1.82, 2.24) is 5.32 Å². The highest BCUT2D eigenvalue weighted by Crippen LogP contribution is 2.22. The zero-order valence-corrected chi connectivity index (χ0v) is 14.6. The molecule has 0 aliphatic rings. The molecule has 0 heterocycles. The quantitative estimate of drug-likeness (QED) is 0.436. The van der Waals surface area contributed by atoms with Crippen molar-refractivity contribution in [3.8, 4) is 0 Å². The van der Waals surface area contributed by atoms with Gasteiger partial charge in [0.1, 0.15) is 0 Å². The second-order valence-corrected chi connectivity index (χ2v) is 5.66. The lowest BCUT2D eigenvalue weighted by Gasteiger charge is -2.10. The van der Waals surface area contributed by atoms with Crippen LogP contribution in [-0.4, -0.2) is 30.5 Å². The van der Waals surface area contributed by atoms with Gasteiger partial charge in [-0.15, -0.1) is 0 Å². The predicted octanol–water partition coefficient (Wildman–Crippen LogP) is 2.76. The Kier molecular flexibility index (Phi) is 6.51. The van der Waals surface area contributed by atoms with Crippen LogP contribution in [0, 0.1) is 10.1 Å². The first-order chi connectivity index (χ1) is 12.4. The molecule has 0 aliphatic heterocycles. The van der Waals surface area contributed by atoms with Crippen molar-refractivity contribution < 1.29 is 19.2 Å². The van der Waals surface area contributed by atoms with Gasteiger partial charge in [-0.3, -0.25) is 14.9 Å². The van der Waals surface area contributed by atoms with Crippen molar-refractivity contribution in [2.45, 2.75) is 6.54 Å². The molecule has 2 N–H and O–H groups in total. The average molecular weight is 378 g/mol. The largest absolute Gasteiger partial charge is 0.452 e. The second-order valence-electron chi connectivity index (χ2n) is 5.22. The van der Waals surface area contributed by atoms with Crippen LogP contribution >= 0.6 is 11.6 Å². The van der Waals surface area contributed by atoms with E-state index in [1.54, 1.807) is 31.3 Å². The van der Waals surface area contributed by atoms with Crippen LogP contribution in [0.5, 0.6) is 0 Å². The maximum atomic E-state index is 12.1. The van der Waals surface area contributed by atoms with Gasteiger partial charge in [0.2, 0.25) is 0 Å². The van der Waals surface area contributed by atoms with Crippen LogP contribution < -0.4 is 10.6 Å². The van der Waals surface area contributed by atoms with E-state index in [2.05, 4.69) is 10.6 Å². The lowest BCUT2D eigenvalue weighted by atomic mass is 10.1. The Morgan fingerprint density at radius 1 is 1.23 bits per heavy atom. The minimum atomic E-state index is -0.837. The van der Waals surface area contributed by atoms with E-state index < -0.39 is 23.4 Å². The summed E-state index contributed by atoms with van der Waals surface area (Å²) in [5.41, 5.74) is 0.888. The number of non-ortho nitro benzene ring substituents is 1. The van der Waals surface area contributed by atoms with Gasteiger partial charge in [-0.1, -0.05) is 23.7 Å². The van der Waals surface area contributed by atoms with Crippen molar-refractivity contribution in [1.29, 1.82) is 0 Å². The molecule has 2 aromatic rings. The van der Waals surface area contributed by atoms with Gasteiger partial charge in [0, 0.05) is 36.4 Å². The molecule has 0 fully saturated rings. The number of hydrogen-bond donors (Lipinski definition) is 2. The summed E-state index contributed by atoms with van der Waals surface area (Å²) < 4.78 is 4.94. The number of carbonyl (C=O) groups is 2. The molecule has 0 aromatic heterocycles. The molecule has 0 radical (unpaired) electrons. The highest BCUT2D eigenvalue weighted by molar-refractivity contribution is 6.30.